The van der Waals surface area contributed by atoms with Crippen LogP contribution in [-0.2, 0) is 20.8 Å². The number of benzene rings is 2. The largest absolute Gasteiger partial charge is 0.318 e. The second kappa shape index (κ2) is 7.46. The van der Waals surface area contributed by atoms with Crippen LogP contribution in [0.1, 0.15) is 24.8 Å². The number of aryl methyl sites for hydroxylation is 1. The van der Waals surface area contributed by atoms with Gasteiger partial charge in [0.1, 0.15) is 0 Å². The van der Waals surface area contributed by atoms with Crippen LogP contribution in [0.15, 0.2) is 48.5 Å². The fourth-order valence-corrected chi connectivity index (χ4v) is 3.54. The summed E-state index contributed by atoms with van der Waals surface area (Å²) in [5, 5.41) is 2.68. The fraction of sp³-hybridized carbons (Fsp3) is 0.318. The molecule has 28 heavy (non-hydrogen) atoms. The van der Waals surface area contributed by atoms with Gasteiger partial charge in [-0.25, -0.2) is 0 Å². The molecule has 0 atom stereocenters. The molecule has 1 N–H and O–H groups in total. The Hall–Kier alpha value is -3.15. The maximum absolute atomic E-state index is 12.6. The standard InChI is InChI=1S/C22H23N3O3/c1-24(18-7-3-2-4-8-18)22(28)20(26)23-17-12-11-15-6-5-13-25(19(15)14-17)21(27)16-9-10-16/h2-4,7-8,11-12,14,16H,5-6,9-10,13H2,1H3,(H,23,26). The van der Waals surface area contributed by atoms with Gasteiger partial charge in [-0.05, 0) is 55.5 Å². The van der Waals surface area contributed by atoms with E-state index >= 15 is 0 Å². The summed E-state index contributed by atoms with van der Waals surface area (Å²) < 4.78 is 0. The maximum atomic E-state index is 12.6. The quantitative estimate of drug-likeness (QED) is 0.836. The first-order valence-electron chi connectivity index (χ1n) is 9.63. The third kappa shape index (κ3) is 3.63. The zero-order chi connectivity index (χ0) is 19.7. The molecular formula is C22H23N3O3. The minimum atomic E-state index is -0.706. The molecule has 4 rings (SSSR count). The van der Waals surface area contributed by atoms with Crippen LogP contribution in [0.4, 0.5) is 17.1 Å². The molecule has 2 aromatic carbocycles. The van der Waals surface area contributed by atoms with E-state index in [2.05, 4.69) is 5.32 Å². The van der Waals surface area contributed by atoms with Crippen LogP contribution >= 0.6 is 0 Å². The Morgan fingerprint density at radius 1 is 1.07 bits per heavy atom. The highest BCUT2D eigenvalue weighted by Gasteiger charge is 2.35. The average molecular weight is 377 g/mol. The van der Waals surface area contributed by atoms with Crippen molar-refractivity contribution in [2.75, 3.05) is 28.7 Å². The molecule has 1 fully saturated rings. The van der Waals surface area contributed by atoms with Crippen LogP contribution in [0.25, 0.3) is 0 Å². The zero-order valence-corrected chi connectivity index (χ0v) is 15.9. The number of nitrogens with zero attached hydrogens (tertiary/aromatic N) is 2. The van der Waals surface area contributed by atoms with Gasteiger partial charge in [-0.3, -0.25) is 14.4 Å². The number of nitrogens with one attached hydrogen (secondary N) is 1. The Kier molecular flexibility index (Phi) is 4.86. The molecule has 0 saturated heterocycles. The Labute approximate surface area is 164 Å². The number of para-hydroxylation sites is 1. The van der Waals surface area contributed by atoms with Crippen molar-refractivity contribution in [3.8, 4) is 0 Å². The van der Waals surface area contributed by atoms with Crippen molar-refractivity contribution >= 4 is 34.8 Å². The molecular weight excluding hydrogens is 354 g/mol. The number of hydrogen-bond donors (Lipinski definition) is 1. The van der Waals surface area contributed by atoms with Crippen molar-refractivity contribution in [2.45, 2.75) is 25.7 Å². The Morgan fingerprint density at radius 3 is 2.54 bits per heavy atom. The molecule has 3 amide bonds. The molecule has 0 aromatic heterocycles. The predicted octanol–water partition coefficient (Wildman–Crippen LogP) is 2.98. The summed E-state index contributed by atoms with van der Waals surface area (Å²) in [6, 6.07) is 14.5. The molecule has 6 nitrogen and oxygen atoms in total. The van der Waals surface area contributed by atoms with Crippen LogP contribution in [-0.4, -0.2) is 31.3 Å². The van der Waals surface area contributed by atoms with Gasteiger partial charge >= 0.3 is 11.8 Å². The molecule has 6 heteroatoms. The molecule has 0 radical (unpaired) electrons. The minimum Gasteiger partial charge on any atom is -0.318 e. The number of amides is 3. The molecule has 0 bridgehead atoms. The first-order chi connectivity index (χ1) is 13.5. The van der Waals surface area contributed by atoms with Crippen LogP contribution in [0.5, 0.6) is 0 Å². The van der Waals surface area contributed by atoms with E-state index < -0.39 is 11.8 Å². The molecule has 144 valence electrons. The lowest BCUT2D eigenvalue weighted by Crippen LogP contribution is -2.38. The predicted molar refractivity (Wildman–Crippen MR) is 108 cm³/mol. The zero-order valence-electron chi connectivity index (χ0n) is 15.9. The number of likely N-dealkylation sites (N-methyl/N-ethyl adjacent to an activating group) is 1. The van der Waals surface area contributed by atoms with E-state index in [1.807, 2.05) is 35.2 Å². The van der Waals surface area contributed by atoms with Crippen LogP contribution in [0.3, 0.4) is 0 Å². The molecule has 2 aliphatic rings. The number of fused-ring (bicyclic) bond motifs is 1. The molecule has 2 aromatic rings. The third-order valence-corrected chi connectivity index (χ3v) is 5.30. The number of carbonyl (C=O) groups is 3. The SMILES string of the molecule is CN(C(=O)C(=O)Nc1ccc2c(c1)N(C(=O)C1CC1)CCC2)c1ccccc1. The van der Waals surface area contributed by atoms with E-state index in [1.54, 1.807) is 25.2 Å². The van der Waals surface area contributed by atoms with Crippen LogP contribution < -0.4 is 15.1 Å². The van der Waals surface area contributed by atoms with Crippen molar-refractivity contribution in [1.82, 2.24) is 0 Å². The molecule has 1 aliphatic carbocycles. The molecule has 1 heterocycles. The van der Waals surface area contributed by atoms with E-state index in [-0.39, 0.29) is 11.8 Å². The number of carbonyl (C=O) groups excluding carboxylic acids is 3. The van der Waals surface area contributed by atoms with E-state index in [9.17, 15) is 14.4 Å². The van der Waals surface area contributed by atoms with E-state index in [4.69, 9.17) is 0 Å². The van der Waals surface area contributed by atoms with Gasteiger partial charge in [0.2, 0.25) is 5.91 Å². The van der Waals surface area contributed by atoms with Gasteiger partial charge in [-0.15, -0.1) is 0 Å². The van der Waals surface area contributed by atoms with Crippen molar-refractivity contribution < 1.29 is 14.4 Å². The topological polar surface area (TPSA) is 69.7 Å². The summed E-state index contributed by atoms with van der Waals surface area (Å²) >= 11 is 0. The lowest BCUT2D eigenvalue weighted by molar-refractivity contribution is -0.134. The van der Waals surface area contributed by atoms with Gasteiger partial charge in [0.15, 0.2) is 0 Å². The van der Waals surface area contributed by atoms with Gasteiger partial charge in [0, 0.05) is 36.6 Å². The second-order valence-corrected chi connectivity index (χ2v) is 7.37. The Morgan fingerprint density at radius 2 is 1.82 bits per heavy atom. The van der Waals surface area contributed by atoms with Gasteiger partial charge in [0.25, 0.3) is 0 Å². The lowest BCUT2D eigenvalue weighted by Gasteiger charge is -2.30. The first kappa shape index (κ1) is 18.2. The number of rotatable bonds is 3. The van der Waals surface area contributed by atoms with E-state index in [0.29, 0.717) is 17.9 Å². The number of anilines is 3. The highest BCUT2D eigenvalue weighted by molar-refractivity contribution is 6.44. The second-order valence-electron chi connectivity index (χ2n) is 7.37. The average Bonchev–Trinajstić information content (AvgIpc) is 3.57. The van der Waals surface area contributed by atoms with Crippen molar-refractivity contribution in [2.24, 2.45) is 5.92 Å². The first-order valence-corrected chi connectivity index (χ1v) is 9.63. The van der Waals surface area contributed by atoms with Gasteiger partial charge in [-0.2, -0.15) is 0 Å². The minimum absolute atomic E-state index is 0.144. The normalized spacial score (nSPS) is 15.5. The molecule has 1 saturated carbocycles. The highest BCUT2D eigenvalue weighted by Crippen LogP contribution is 2.36. The maximum Gasteiger partial charge on any atom is 0.316 e. The van der Waals surface area contributed by atoms with Crippen molar-refractivity contribution in [3.63, 3.8) is 0 Å². The van der Waals surface area contributed by atoms with Crippen molar-refractivity contribution in [1.29, 1.82) is 0 Å². The van der Waals surface area contributed by atoms with Gasteiger partial charge in [0.05, 0.1) is 0 Å². The van der Waals surface area contributed by atoms with Gasteiger partial charge < -0.3 is 15.1 Å². The van der Waals surface area contributed by atoms with Crippen LogP contribution in [0.2, 0.25) is 0 Å². The van der Waals surface area contributed by atoms with E-state index in [0.717, 1.165) is 36.9 Å². The summed E-state index contributed by atoms with van der Waals surface area (Å²) in [5.74, 6) is -1.04. The van der Waals surface area contributed by atoms with Crippen molar-refractivity contribution in [3.05, 3.63) is 54.1 Å². The smallest absolute Gasteiger partial charge is 0.316 e. The van der Waals surface area contributed by atoms with Gasteiger partial charge in [-0.1, -0.05) is 24.3 Å². The summed E-state index contributed by atoms with van der Waals surface area (Å²) in [6.07, 6.45) is 3.77. The molecule has 0 spiro atoms. The monoisotopic (exact) mass is 377 g/mol. The summed E-state index contributed by atoms with van der Waals surface area (Å²) in [5.41, 5.74) is 3.12. The summed E-state index contributed by atoms with van der Waals surface area (Å²) in [4.78, 5) is 40.6. The highest BCUT2D eigenvalue weighted by atomic mass is 16.2. The van der Waals surface area contributed by atoms with E-state index in [1.165, 1.54) is 4.90 Å². The Bertz CT molecular complexity index is 922. The number of hydrogen-bond acceptors (Lipinski definition) is 3. The Balaban J connectivity index is 1.50. The fourth-order valence-electron chi connectivity index (χ4n) is 3.54. The summed E-state index contributed by atoms with van der Waals surface area (Å²) in [6.45, 7) is 0.704. The third-order valence-electron chi connectivity index (χ3n) is 5.30. The lowest BCUT2D eigenvalue weighted by atomic mass is 10.0. The van der Waals surface area contributed by atoms with Crippen LogP contribution in [0, 0.1) is 5.92 Å². The summed E-state index contributed by atoms with van der Waals surface area (Å²) in [7, 11) is 1.57. The molecule has 0 unspecified atom stereocenters. The molecule has 1 aliphatic heterocycles.